The molecule has 0 aliphatic carbocycles. The maximum Gasteiger partial charge on any atom is 0.237 e. The summed E-state index contributed by atoms with van der Waals surface area (Å²) in [5.74, 6) is 0.505. The molecule has 1 aromatic carbocycles. The second-order valence-electron chi connectivity index (χ2n) is 4.39. The summed E-state index contributed by atoms with van der Waals surface area (Å²) in [5, 5.41) is 3.37. The number of ether oxygens (including phenoxy) is 1. The Morgan fingerprint density at radius 3 is 2.89 bits per heavy atom. The summed E-state index contributed by atoms with van der Waals surface area (Å²) in [6.45, 7) is 2.39. The predicted octanol–water partition coefficient (Wildman–Crippen LogP) is 2.48. The molecule has 0 spiro atoms. The molecule has 5 heteroatoms. The van der Waals surface area contributed by atoms with E-state index in [1.54, 1.807) is 19.2 Å². The van der Waals surface area contributed by atoms with Gasteiger partial charge in [0.25, 0.3) is 0 Å². The van der Waals surface area contributed by atoms with E-state index < -0.39 is 6.04 Å². The van der Waals surface area contributed by atoms with E-state index in [9.17, 15) is 4.79 Å². The van der Waals surface area contributed by atoms with Gasteiger partial charge in [-0.1, -0.05) is 37.4 Å². The maximum absolute atomic E-state index is 11.8. The van der Waals surface area contributed by atoms with Crippen LogP contribution in [-0.4, -0.2) is 19.1 Å². The van der Waals surface area contributed by atoms with Crippen molar-refractivity contribution in [1.82, 2.24) is 5.32 Å². The van der Waals surface area contributed by atoms with E-state index in [4.69, 9.17) is 22.1 Å². The summed E-state index contributed by atoms with van der Waals surface area (Å²) in [6.07, 6.45) is 2.67. The fraction of sp³-hybridized carbons (Fsp3) is 0.500. The van der Waals surface area contributed by atoms with E-state index in [2.05, 4.69) is 12.2 Å². The molecule has 4 nitrogen and oxygen atoms in total. The molecule has 1 amide bonds. The lowest BCUT2D eigenvalue weighted by atomic mass is 10.1. The number of carbonyl (C=O) groups excluding carboxylic acids is 1. The maximum atomic E-state index is 11.8. The number of carbonyl (C=O) groups is 1. The predicted molar refractivity (Wildman–Crippen MR) is 77.4 cm³/mol. The van der Waals surface area contributed by atoms with Gasteiger partial charge in [-0.2, -0.15) is 0 Å². The molecule has 0 aliphatic heterocycles. The van der Waals surface area contributed by atoms with Crippen LogP contribution >= 0.6 is 11.6 Å². The van der Waals surface area contributed by atoms with Crippen LogP contribution in [0, 0.1) is 0 Å². The molecule has 1 atom stereocenters. The number of nitrogens with two attached hydrogens (primary N) is 1. The number of rotatable bonds is 7. The topological polar surface area (TPSA) is 64.4 Å². The Bertz CT molecular complexity index is 424. The first-order chi connectivity index (χ1) is 9.10. The summed E-state index contributed by atoms with van der Waals surface area (Å²) in [4.78, 5) is 11.8. The van der Waals surface area contributed by atoms with Crippen LogP contribution in [0.1, 0.15) is 31.7 Å². The molecule has 1 aromatic rings. The van der Waals surface area contributed by atoms with Crippen LogP contribution in [0.15, 0.2) is 18.2 Å². The SMILES string of the molecule is CCCC[C@H](N)C(=O)NCc1c(Cl)cccc1OC. The van der Waals surface area contributed by atoms with Crippen LogP contribution in [0.2, 0.25) is 5.02 Å². The Kier molecular flexibility index (Phi) is 6.67. The minimum Gasteiger partial charge on any atom is -0.496 e. The number of halogens is 1. The molecule has 0 radical (unpaired) electrons. The summed E-state index contributed by atoms with van der Waals surface area (Å²) in [7, 11) is 1.57. The fourth-order valence-corrected chi connectivity index (χ4v) is 2.00. The molecule has 3 N–H and O–H groups in total. The first kappa shape index (κ1) is 15.8. The van der Waals surface area contributed by atoms with Crippen LogP contribution in [0.25, 0.3) is 0 Å². The van der Waals surface area contributed by atoms with Crippen LogP contribution in [-0.2, 0) is 11.3 Å². The van der Waals surface area contributed by atoms with Gasteiger partial charge in [0.2, 0.25) is 5.91 Å². The zero-order valence-corrected chi connectivity index (χ0v) is 12.2. The molecule has 0 bridgehead atoms. The van der Waals surface area contributed by atoms with Crippen molar-refractivity contribution in [3.05, 3.63) is 28.8 Å². The third-order valence-electron chi connectivity index (χ3n) is 2.94. The third kappa shape index (κ3) is 4.73. The molecule has 0 aliphatic rings. The van der Waals surface area contributed by atoms with Crippen molar-refractivity contribution in [3.8, 4) is 5.75 Å². The average molecular weight is 285 g/mol. The van der Waals surface area contributed by atoms with Crippen LogP contribution in [0.3, 0.4) is 0 Å². The van der Waals surface area contributed by atoms with Gasteiger partial charge in [-0.05, 0) is 18.6 Å². The lowest BCUT2D eigenvalue weighted by Crippen LogP contribution is -2.40. The number of nitrogens with one attached hydrogen (secondary N) is 1. The Morgan fingerprint density at radius 2 is 2.26 bits per heavy atom. The van der Waals surface area contributed by atoms with Gasteiger partial charge in [0.15, 0.2) is 0 Å². The summed E-state index contributed by atoms with van der Waals surface area (Å²) in [5.41, 5.74) is 6.57. The molecule has 0 saturated carbocycles. The van der Waals surface area contributed by atoms with Gasteiger partial charge in [-0.15, -0.1) is 0 Å². The molecule has 19 heavy (non-hydrogen) atoms. The molecule has 0 saturated heterocycles. The second kappa shape index (κ2) is 8.02. The molecular weight excluding hydrogens is 264 g/mol. The molecule has 106 valence electrons. The van der Waals surface area contributed by atoms with E-state index in [0.29, 0.717) is 23.7 Å². The Labute approximate surface area is 119 Å². The Hall–Kier alpha value is -1.26. The van der Waals surface area contributed by atoms with E-state index in [1.807, 2.05) is 6.07 Å². The van der Waals surface area contributed by atoms with Gasteiger partial charge in [-0.3, -0.25) is 4.79 Å². The fourth-order valence-electron chi connectivity index (χ4n) is 1.76. The average Bonchev–Trinajstić information content (AvgIpc) is 2.42. The van der Waals surface area contributed by atoms with E-state index in [-0.39, 0.29) is 5.91 Å². The summed E-state index contributed by atoms with van der Waals surface area (Å²) >= 11 is 6.09. The lowest BCUT2D eigenvalue weighted by molar-refractivity contribution is -0.122. The van der Waals surface area contributed by atoms with Gasteiger partial charge in [0.05, 0.1) is 13.2 Å². The van der Waals surface area contributed by atoms with Crippen molar-refractivity contribution in [2.45, 2.75) is 38.8 Å². The zero-order valence-electron chi connectivity index (χ0n) is 11.4. The minimum absolute atomic E-state index is 0.157. The number of hydrogen-bond donors (Lipinski definition) is 2. The van der Waals surface area contributed by atoms with Crippen molar-refractivity contribution in [1.29, 1.82) is 0 Å². The number of benzene rings is 1. The minimum atomic E-state index is -0.464. The van der Waals surface area contributed by atoms with Gasteiger partial charge in [0, 0.05) is 17.1 Å². The standard InChI is InChI=1S/C14H21ClN2O2/c1-3-4-7-12(16)14(18)17-9-10-11(15)6-5-8-13(10)19-2/h5-6,8,12H,3-4,7,9,16H2,1-2H3,(H,17,18)/t12-/m0/s1. The van der Waals surface area contributed by atoms with Crippen molar-refractivity contribution < 1.29 is 9.53 Å². The highest BCUT2D eigenvalue weighted by atomic mass is 35.5. The second-order valence-corrected chi connectivity index (χ2v) is 4.79. The van der Waals surface area contributed by atoms with Gasteiger partial charge >= 0.3 is 0 Å². The van der Waals surface area contributed by atoms with Crippen LogP contribution < -0.4 is 15.8 Å². The van der Waals surface area contributed by atoms with Crippen molar-refractivity contribution in [3.63, 3.8) is 0 Å². The quantitative estimate of drug-likeness (QED) is 0.808. The highest BCUT2D eigenvalue weighted by molar-refractivity contribution is 6.31. The normalized spacial score (nSPS) is 12.0. The molecule has 0 fully saturated rings. The van der Waals surface area contributed by atoms with Crippen molar-refractivity contribution >= 4 is 17.5 Å². The number of unbranched alkanes of at least 4 members (excludes halogenated alkanes) is 1. The highest BCUT2D eigenvalue weighted by Crippen LogP contribution is 2.25. The molecule has 1 rings (SSSR count). The van der Waals surface area contributed by atoms with Gasteiger partial charge in [-0.25, -0.2) is 0 Å². The van der Waals surface area contributed by atoms with Crippen molar-refractivity contribution in [2.75, 3.05) is 7.11 Å². The summed E-state index contributed by atoms with van der Waals surface area (Å²) in [6, 6.07) is 4.92. The highest BCUT2D eigenvalue weighted by Gasteiger charge is 2.14. The monoisotopic (exact) mass is 284 g/mol. The lowest BCUT2D eigenvalue weighted by Gasteiger charge is -2.14. The Balaban J connectivity index is 2.59. The van der Waals surface area contributed by atoms with Crippen LogP contribution in [0.4, 0.5) is 0 Å². The van der Waals surface area contributed by atoms with Crippen LogP contribution in [0.5, 0.6) is 5.75 Å². The summed E-state index contributed by atoms with van der Waals surface area (Å²) < 4.78 is 5.22. The first-order valence-electron chi connectivity index (χ1n) is 6.44. The Morgan fingerprint density at radius 1 is 1.53 bits per heavy atom. The molecule has 0 aromatic heterocycles. The van der Waals surface area contributed by atoms with E-state index in [0.717, 1.165) is 18.4 Å². The number of amides is 1. The van der Waals surface area contributed by atoms with Gasteiger partial charge in [0.1, 0.15) is 5.75 Å². The van der Waals surface area contributed by atoms with E-state index in [1.165, 1.54) is 0 Å². The first-order valence-corrected chi connectivity index (χ1v) is 6.82. The molecular formula is C14H21ClN2O2. The third-order valence-corrected chi connectivity index (χ3v) is 3.29. The smallest absolute Gasteiger partial charge is 0.237 e. The van der Waals surface area contributed by atoms with E-state index >= 15 is 0 Å². The van der Waals surface area contributed by atoms with Crippen molar-refractivity contribution in [2.24, 2.45) is 5.73 Å². The number of hydrogen-bond acceptors (Lipinski definition) is 3. The molecule has 0 unspecified atom stereocenters. The molecule has 0 heterocycles. The largest absolute Gasteiger partial charge is 0.496 e. The number of methoxy groups -OCH3 is 1. The zero-order chi connectivity index (χ0) is 14.3. The van der Waals surface area contributed by atoms with Gasteiger partial charge < -0.3 is 15.8 Å².